The van der Waals surface area contributed by atoms with Crippen molar-refractivity contribution >= 4 is 61.3 Å². The number of aliphatic carboxylic acids is 1. The molecule has 8 heteroatoms. The van der Waals surface area contributed by atoms with Gasteiger partial charge in [0.15, 0.2) is 0 Å². The molecule has 0 radical (unpaired) electrons. The number of hydrogen-bond donors (Lipinski definition) is 3. The minimum absolute atomic E-state index is 0. The number of halogens is 4. The Morgan fingerprint density at radius 1 is 1.12 bits per heavy atom. The number of nitrogen functional groups attached to an aromatic ring is 1. The van der Waals surface area contributed by atoms with E-state index in [1.165, 1.54) is 6.92 Å². The highest BCUT2D eigenvalue weighted by molar-refractivity contribution is 5.86. The van der Waals surface area contributed by atoms with Crippen molar-refractivity contribution in [1.29, 1.82) is 0 Å². The van der Waals surface area contributed by atoms with Gasteiger partial charge in [-0.3, -0.25) is 0 Å². The molecular formula is C9H16Cl4N2O2. The first-order valence-corrected chi connectivity index (χ1v) is 3.83. The summed E-state index contributed by atoms with van der Waals surface area (Å²) in [6.45, 7) is 1.45. The van der Waals surface area contributed by atoms with Crippen LogP contribution in [0.3, 0.4) is 0 Å². The summed E-state index contributed by atoms with van der Waals surface area (Å²) in [5, 5.41) is 8.81. The number of rotatable bonds is 2. The van der Waals surface area contributed by atoms with Crippen molar-refractivity contribution in [2.75, 3.05) is 5.73 Å². The molecule has 0 aliphatic rings. The molecule has 1 aromatic carbocycles. The van der Waals surface area contributed by atoms with E-state index < -0.39 is 11.5 Å². The molecule has 0 heterocycles. The monoisotopic (exact) mass is 324 g/mol. The number of hydrogen-bond acceptors (Lipinski definition) is 3. The van der Waals surface area contributed by atoms with Gasteiger partial charge in [0.2, 0.25) is 0 Å². The van der Waals surface area contributed by atoms with Gasteiger partial charge in [-0.2, -0.15) is 0 Å². The van der Waals surface area contributed by atoms with Crippen molar-refractivity contribution in [2.45, 2.75) is 12.5 Å². The lowest BCUT2D eigenvalue weighted by Gasteiger charge is -2.19. The van der Waals surface area contributed by atoms with E-state index >= 15 is 0 Å². The van der Waals surface area contributed by atoms with E-state index in [1.807, 2.05) is 0 Å². The molecule has 0 saturated carbocycles. The third kappa shape index (κ3) is 6.19. The van der Waals surface area contributed by atoms with Crippen LogP contribution in [0.1, 0.15) is 12.5 Å². The van der Waals surface area contributed by atoms with Gasteiger partial charge in [0.1, 0.15) is 5.54 Å². The summed E-state index contributed by atoms with van der Waals surface area (Å²) in [6, 6.07) is 6.49. The summed E-state index contributed by atoms with van der Waals surface area (Å²) in [6.07, 6.45) is 0. The molecular weight excluding hydrogens is 310 g/mol. The number of nitrogens with two attached hydrogens (primary N) is 2. The number of carboxylic acid groups (broad SMARTS) is 1. The molecule has 5 N–H and O–H groups in total. The quantitative estimate of drug-likeness (QED) is 0.727. The van der Waals surface area contributed by atoms with Crippen LogP contribution in [-0.4, -0.2) is 11.1 Å². The molecule has 1 atom stereocenters. The second-order valence-corrected chi connectivity index (χ2v) is 3.13. The average Bonchev–Trinajstić information content (AvgIpc) is 2.04. The zero-order chi connectivity index (χ0) is 10.1. The zero-order valence-electron chi connectivity index (χ0n) is 8.95. The van der Waals surface area contributed by atoms with Gasteiger partial charge in [0.05, 0.1) is 0 Å². The topological polar surface area (TPSA) is 89.3 Å². The van der Waals surface area contributed by atoms with E-state index in [0.29, 0.717) is 11.3 Å². The van der Waals surface area contributed by atoms with Gasteiger partial charge in [-0.05, 0) is 24.6 Å². The van der Waals surface area contributed by atoms with Crippen LogP contribution in [0.5, 0.6) is 0 Å². The molecule has 4 nitrogen and oxygen atoms in total. The van der Waals surface area contributed by atoms with Gasteiger partial charge < -0.3 is 16.6 Å². The lowest BCUT2D eigenvalue weighted by Crippen LogP contribution is -2.41. The van der Waals surface area contributed by atoms with Gasteiger partial charge in [0.25, 0.3) is 0 Å². The van der Waals surface area contributed by atoms with E-state index in [0.717, 1.165) is 0 Å². The third-order valence-electron chi connectivity index (χ3n) is 1.95. The second kappa shape index (κ2) is 9.62. The van der Waals surface area contributed by atoms with Crippen LogP contribution < -0.4 is 11.5 Å². The lowest BCUT2D eigenvalue weighted by molar-refractivity contribution is -0.143. The molecule has 1 rings (SSSR count). The Hall–Kier alpha value is -0.390. The van der Waals surface area contributed by atoms with Crippen molar-refractivity contribution in [1.82, 2.24) is 0 Å². The Kier molecular flexibility index (Phi) is 14.4. The van der Waals surface area contributed by atoms with Crippen LogP contribution in [0.15, 0.2) is 24.3 Å². The van der Waals surface area contributed by atoms with E-state index in [4.69, 9.17) is 16.6 Å². The normalized spacial score (nSPS) is 11.4. The molecule has 0 aliphatic heterocycles. The summed E-state index contributed by atoms with van der Waals surface area (Å²) >= 11 is 0. The molecule has 0 aliphatic carbocycles. The van der Waals surface area contributed by atoms with Crippen molar-refractivity contribution in [2.24, 2.45) is 5.73 Å². The fourth-order valence-corrected chi connectivity index (χ4v) is 0.953. The molecule has 0 aromatic heterocycles. The first kappa shape index (κ1) is 25.5. The van der Waals surface area contributed by atoms with E-state index in [-0.39, 0.29) is 49.6 Å². The maximum atomic E-state index is 10.8. The van der Waals surface area contributed by atoms with Crippen LogP contribution in [0.2, 0.25) is 0 Å². The van der Waals surface area contributed by atoms with Crippen LogP contribution in [0.25, 0.3) is 0 Å². The minimum atomic E-state index is -1.35. The number of carboxylic acids is 1. The Bertz CT molecular complexity index is 330. The molecule has 0 saturated heterocycles. The predicted octanol–water partition coefficient (Wildman–Crippen LogP) is 2.21. The number of benzene rings is 1. The van der Waals surface area contributed by atoms with Crippen molar-refractivity contribution in [3.8, 4) is 0 Å². The number of carbonyl (C=O) groups is 1. The Morgan fingerprint density at radius 3 is 1.76 bits per heavy atom. The smallest absolute Gasteiger partial charge is 0.328 e. The van der Waals surface area contributed by atoms with Crippen molar-refractivity contribution in [3.05, 3.63) is 29.8 Å². The molecule has 17 heavy (non-hydrogen) atoms. The first-order valence-electron chi connectivity index (χ1n) is 3.83. The van der Waals surface area contributed by atoms with Gasteiger partial charge in [0, 0.05) is 5.69 Å². The summed E-state index contributed by atoms with van der Waals surface area (Å²) in [5.41, 5.74) is 10.8. The van der Waals surface area contributed by atoms with Gasteiger partial charge >= 0.3 is 5.97 Å². The average molecular weight is 326 g/mol. The Balaban J connectivity index is -0.000000211. The standard InChI is InChI=1S/C9H12N2O2.4ClH/c1-9(11,8(12)13)6-2-4-7(10)5-3-6;;;;/h2-5H,10-11H2,1H3,(H,12,13);4*1H. The summed E-state index contributed by atoms with van der Waals surface area (Å²) in [5.74, 6) is -1.06. The van der Waals surface area contributed by atoms with Gasteiger partial charge in [-0.25, -0.2) is 4.79 Å². The summed E-state index contributed by atoms with van der Waals surface area (Å²) in [4.78, 5) is 10.8. The molecule has 0 fully saturated rings. The van der Waals surface area contributed by atoms with Gasteiger partial charge in [-0.15, -0.1) is 49.6 Å². The van der Waals surface area contributed by atoms with Crippen molar-refractivity contribution in [3.63, 3.8) is 0 Å². The van der Waals surface area contributed by atoms with Crippen LogP contribution in [0.4, 0.5) is 5.69 Å². The molecule has 1 aromatic rings. The third-order valence-corrected chi connectivity index (χ3v) is 1.95. The molecule has 102 valence electrons. The van der Waals surface area contributed by atoms with Crippen LogP contribution >= 0.6 is 49.6 Å². The fourth-order valence-electron chi connectivity index (χ4n) is 0.953. The minimum Gasteiger partial charge on any atom is -0.480 e. The maximum Gasteiger partial charge on any atom is 0.328 e. The number of anilines is 1. The second-order valence-electron chi connectivity index (χ2n) is 3.13. The van der Waals surface area contributed by atoms with Crippen LogP contribution in [-0.2, 0) is 10.3 Å². The van der Waals surface area contributed by atoms with E-state index in [1.54, 1.807) is 24.3 Å². The first-order chi connectivity index (χ1) is 5.94. The molecule has 0 amide bonds. The molecule has 0 spiro atoms. The highest BCUT2D eigenvalue weighted by Crippen LogP contribution is 2.18. The fraction of sp³-hybridized carbons (Fsp3) is 0.222. The largest absolute Gasteiger partial charge is 0.480 e. The molecule has 0 bridgehead atoms. The SMILES string of the molecule is CC(N)(C(=O)O)c1ccc(N)cc1.Cl.Cl.Cl.Cl. The highest BCUT2D eigenvalue weighted by Gasteiger charge is 2.29. The van der Waals surface area contributed by atoms with Crippen molar-refractivity contribution < 1.29 is 9.90 Å². The highest BCUT2D eigenvalue weighted by atomic mass is 35.5. The van der Waals surface area contributed by atoms with E-state index in [9.17, 15) is 4.79 Å². The Morgan fingerprint density at radius 2 is 1.47 bits per heavy atom. The zero-order valence-corrected chi connectivity index (χ0v) is 12.2. The maximum absolute atomic E-state index is 10.8. The lowest BCUT2D eigenvalue weighted by atomic mass is 9.93. The van der Waals surface area contributed by atoms with E-state index in [2.05, 4.69) is 0 Å². The molecule has 1 unspecified atom stereocenters. The Labute approximate surface area is 125 Å². The van der Waals surface area contributed by atoms with Crippen LogP contribution in [0, 0.1) is 0 Å². The van der Waals surface area contributed by atoms with Gasteiger partial charge in [-0.1, -0.05) is 12.1 Å². The summed E-state index contributed by atoms with van der Waals surface area (Å²) in [7, 11) is 0. The predicted molar refractivity (Wildman–Crippen MR) is 79.0 cm³/mol. The summed E-state index contributed by atoms with van der Waals surface area (Å²) < 4.78 is 0.